The Labute approximate surface area is 185 Å². The number of nitrogens with zero attached hydrogens (tertiary/aromatic N) is 2. The summed E-state index contributed by atoms with van der Waals surface area (Å²) in [4.78, 5) is 40.9. The van der Waals surface area contributed by atoms with Gasteiger partial charge in [-0.15, -0.1) is 0 Å². The number of hydrogen-bond donors (Lipinski definition) is 3. The number of carbonyl (C=O) groups excluding carboxylic acids is 3. The lowest BCUT2D eigenvalue weighted by Crippen LogP contribution is -2.46. The minimum Gasteiger partial charge on any atom is -0.350 e. The zero-order valence-corrected chi connectivity index (χ0v) is 19.5. The maximum Gasteiger partial charge on any atom is 0.243 e. The fraction of sp³-hybridized carbons (Fsp3) is 0.609. The van der Waals surface area contributed by atoms with Crippen LogP contribution in [0.15, 0.2) is 18.2 Å². The highest BCUT2D eigenvalue weighted by Crippen LogP contribution is 2.19. The van der Waals surface area contributed by atoms with E-state index in [1.165, 1.54) is 0 Å². The molecule has 2 rings (SSSR count). The van der Waals surface area contributed by atoms with Crippen LogP contribution in [0.5, 0.6) is 0 Å². The summed E-state index contributed by atoms with van der Waals surface area (Å²) in [6.45, 7) is 13.4. The van der Waals surface area contributed by atoms with Crippen LogP contribution in [0.25, 0.3) is 0 Å². The summed E-state index contributed by atoms with van der Waals surface area (Å²) in [5.41, 5.74) is 2.54. The van der Waals surface area contributed by atoms with Gasteiger partial charge < -0.3 is 16.0 Å². The van der Waals surface area contributed by atoms with Gasteiger partial charge in [-0.3, -0.25) is 24.2 Å². The Bertz CT molecular complexity index is 768. The van der Waals surface area contributed by atoms with Gasteiger partial charge in [0.05, 0.1) is 19.6 Å². The lowest BCUT2D eigenvalue weighted by molar-refractivity contribution is -0.125. The Morgan fingerprint density at radius 3 is 1.97 bits per heavy atom. The van der Waals surface area contributed by atoms with Gasteiger partial charge in [0.2, 0.25) is 17.7 Å². The van der Waals surface area contributed by atoms with E-state index < -0.39 is 0 Å². The van der Waals surface area contributed by atoms with Crippen molar-refractivity contribution in [2.24, 2.45) is 0 Å². The van der Waals surface area contributed by atoms with Crippen LogP contribution in [0, 0.1) is 13.8 Å². The van der Waals surface area contributed by atoms with E-state index in [2.05, 4.69) is 25.8 Å². The first-order chi connectivity index (χ1) is 14.5. The smallest absolute Gasteiger partial charge is 0.243 e. The van der Waals surface area contributed by atoms with Crippen molar-refractivity contribution in [2.45, 2.75) is 46.6 Å². The van der Waals surface area contributed by atoms with E-state index in [1.54, 1.807) is 0 Å². The number of anilines is 1. The molecule has 0 radical (unpaired) electrons. The van der Waals surface area contributed by atoms with Crippen LogP contribution in [-0.2, 0) is 14.4 Å². The van der Waals surface area contributed by atoms with E-state index in [9.17, 15) is 14.4 Å². The van der Waals surface area contributed by atoms with Crippen LogP contribution in [-0.4, -0.2) is 78.9 Å². The number of nitrogens with one attached hydrogen (secondary N) is 3. The van der Waals surface area contributed by atoms with E-state index in [0.29, 0.717) is 13.1 Å². The van der Waals surface area contributed by atoms with Crippen LogP contribution >= 0.6 is 0 Å². The molecular formula is C23H37N5O3. The molecule has 0 atom stereocenters. The Morgan fingerprint density at radius 1 is 0.871 bits per heavy atom. The lowest BCUT2D eigenvalue weighted by atomic mass is 10.1. The molecule has 1 saturated heterocycles. The van der Waals surface area contributed by atoms with Gasteiger partial charge in [-0.2, -0.15) is 0 Å². The summed E-state index contributed by atoms with van der Waals surface area (Å²) in [5, 5.41) is 8.57. The molecule has 8 heteroatoms. The van der Waals surface area contributed by atoms with Gasteiger partial charge in [-0.05, 0) is 65.3 Å². The van der Waals surface area contributed by atoms with Gasteiger partial charge in [-0.25, -0.2) is 0 Å². The third kappa shape index (κ3) is 9.06. The second-order valence-corrected chi connectivity index (χ2v) is 9.30. The summed E-state index contributed by atoms with van der Waals surface area (Å²) in [6.07, 6.45) is 0.892. The SMILES string of the molecule is Cc1cccc(C)c1NC(=O)CNC(=O)CN1CCCN(CC(=O)NC(C)(C)C)CC1. The Morgan fingerprint density at radius 2 is 1.42 bits per heavy atom. The zero-order chi connectivity index (χ0) is 23.0. The van der Waals surface area contributed by atoms with Gasteiger partial charge in [0.1, 0.15) is 0 Å². The second kappa shape index (κ2) is 11.2. The molecule has 3 N–H and O–H groups in total. The predicted molar refractivity (Wildman–Crippen MR) is 123 cm³/mol. The highest BCUT2D eigenvalue weighted by Gasteiger charge is 2.21. The normalized spacial score (nSPS) is 15.8. The monoisotopic (exact) mass is 431 g/mol. The fourth-order valence-electron chi connectivity index (χ4n) is 3.63. The van der Waals surface area contributed by atoms with Crippen LogP contribution in [0.1, 0.15) is 38.3 Å². The molecule has 1 aromatic rings. The van der Waals surface area contributed by atoms with Crippen molar-refractivity contribution in [1.82, 2.24) is 20.4 Å². The molecule has 31 heavy (non-hydrogen) atoms. The average molecular weight is 432 g/mol. The third-order valence-corrected chi connectivity index (χ3v) is 5.12. The quantitative estimate of drug-likeness (QED) is 0.605. The Hall–Kier alpha value is -2.45. The minimum atomic E-state index is -0.239. The lowest BCUT2D eigenvalue weighted by Gasteiger charge is -2.25. The van der Waals surface area contributed by atoms with Gasteiger partial charge >= 0.3 is 0 Å². The summed E-state index contributed by atoms with van der Waals surface area (Å²) >= 11 is 0. The highest BCUT2D eigenvalue weighted by atomic mass is 16.2. The van der Waals surface area contributed by atoms with Gasteiger partial charge in [0, 0.05) is 24.3 Å². The highest BCUT2D eigenvalue weighted by molar-refractivity contribution is 5.95. The summed E-state index contributed by atoms with van der Waals surface area (Å²) in [7, 11) is 0. The largest absolute Gasteiger partial charge is 0.350 e. The molecule has 3 amide bonds. The third-order valence-electron chi connectivity index (χ3n) is 5.12. The van der Waals surface area contributed by atoms with Crippen LogP contribution in [0.4, 0.5) is 5.69 Å². The second-order valence-electron chi connectivity index (χ2n) is 9.30. The van der Waals surface area contributed by atoms with Crippen molar-refractivity contribution < 1.29 is 14.4 Å². The predicted octanol–water partition coefficient (Wildman–Crippen LogP) is 1.28. The Balaban J connectivity index is 1.72. The van der Waals surface area contributed by atoms with E-state index in [-0.39, 0.29) is 36.3 Å². The van der Waals surface area contributed by atoms with Crippen LogP contribution < -0.4 is 16.0 Å². The number of benzene rings is 1. The summed E-state index contributed by atoms with van der Waals surface area (Å²) in [6, 6.07) is 5.83. The fourth-order valence-corrected chi connectivity index (χ4v) is 3.63. The van der Waals surface area contributed by atoms with Crippen molar-refractivity contribution in [3.63, 3.8) is 0 Å². The molecule has 0 aliphatic carbocycles. The van der Waals surface area contributed by atoms with Crippen molar-refractivity contribution in [2.75, 3.05) is 51.1 Å². The molecule has 8 nitrogen and oxygen atoms in total. The molecule has 1 fully saturated rings. The maximum atomic E-state index is 12.3. The molecule has 0 unspecified atom stereocenters. The van der Waals surface area contributed by atoms with Gasteiger partial charge in [-0.1, -0.05) is 18.2 Å². The first-order valence-electron chi connectivity index (χ1n) is 10.9. The summed E-state index contributed by atoms with van der Waals surface area (Å²) in [5.74, 6) is -0.387. The Kier molecular flexibility index (Phi) is 9.00. The standard InChI is InChI=1S/C23H37N5O3/c1-17-8-6-9-18(2)22(17)25-19(29)14-24-20(30)15-27-10-7-11-28(13-12-27)16-21(31)26-23(3,4)5/h6,8-9H,7,10-16H2,1-5H3,(H,24,30)(H,25,29)(H,26,31). The van der Waals surface area contributed by atoms with Crippen molar-refractivity contribution in [3.8, 4) is 0 Å². The van der Waals surface area contributed by atoms with Crippen LogP contribution in [0.2, 0.25) is 0 Å². The number of aryl methyl sites for hydroxylation is 2. The van der Waals surface area contributed by atoms with E-state index in [0.717, 1.165) is 42.9 Å². The molecular weight excluding hydrogens is 394 g/mol. The van der Waals surface area contributed by atoms with E-state index in [1.807, 2.05) is 52.8 Å². The number of para-hydroxylation sites is 1. The first kappa shape index (κ1) is 24.8. The molecule has 172 valence electrons. The number of rotatable bonds is 7. The molecule has 1 heterocycles. The maximum absolute atomic E-state index is 12.3. The minimum absolute atomic E-state index is 0.0218. The van der Waals surface area contributed by atoms with Crippen molar-refractivity contribution in [3.05, 3.63) is 29.3 Å². The van der Waals surface area contributed by atoms with E-state index in [4.69, 9.17) is 0 Å². The number of hydrogen-bond acceptors (Lipinski definition) is 5. The molecule has 1 aliphatic rings. The first-order valence-corrected chi connectivity index (χ1v) is 10.9. The number of amides is 3. The molecule has 1 aromatic carbocycles. The van der Waals surface area contributed by atoms with Crippen molar-refractivity contribution in [1.29, 1.82) is 0 Å². The molecule has 0 saturated carbocycles. The van der Waals surface area contributed by atoms with Crippen LogP contribution in [0.3, 0.4) is 0 Å². The molecule has 0 spiro atoms. The summed E-state index contributed by atoms with van der Waals surface area (Å²) < 4.78 is 0. The molecule has 1 aliphatic heterocycles. The molecule has 0 aromatic heterocycles. The van der Waals surface area contributed by atoms with E-state index >= 15 is 0 Å². The number of carbonyl (C=O) groups is 3. The average Bonchev–Trinajstić information content (AvgIpc) is 2.86. The zero-order valence-electron chi connectivity index (χ0n) is 19.5. The van der Waals surface area contributed by atoms with Crippen molar-refractivity contribution >= 4 is 23.4 Å². The topological polar surface area (TPSA) is 93.8 Å². The van der Waals surface area contributed by atoms with Gasteiger partial charge in [0.15, 0.2) is 0 Å². The van der Waals surface area contributed by atoms with Gasteiger partial charge in [0.25, 0.3) is 0 Å². The molecule has 0 bridgehead atoms.